The molecule has 0 aliphatic heterocycles. The van der Waals surface area contributed by atoms with Gasteiger partial charge in [-0.05, 0) is 31.0 Å². The monoisotopic (exact) mass is 276 g/mol. The van der Waals surface area contributed by atoms with E-state index < -0.39 is 11.6 Å². The van der Waals surface area contributed by atoms with Crippen molar-refractivity contribution in [2.75, 3.05) is 17.2 Å². The van der Waals surface area contributed by atoms with E-state index in [-0.39, 0.29) is 5.69 Å². The summed E-state index contributed by atoms with van der Waals surface area (Å²) < 4.78 is 27.0. The summed E-state index contributed by atoms with van der Waals surface area (Å²) in [5.74, 6) is -1.34. The molecule has 0 spiro atoms. The Morgan fingerprint density at radius 2 is 1.85 bits per heavy atom. The van der Waals surface area contributed by atoms with Crippen molar-refractivity contribution < 1.29 is 8.78 Å². The van der Waals surface area contributed by atoms with E-state index in [1.54, 1.807) is 0 Å². The molecule has 0 amide bonds. The maximum Gasteiger partial charge on any atom is 0.151 e. The molecular formula is C16H18F2N2. The normalized spacial score (nSPS) is 10.6. The van der Waals surface area contributed by atoms with Gasteiger partial charge in [0.25, 0.3) is 0 Å². The Kier molecular flexibility index (Phi) is 4.23. The summed E-state index contributed by atoms with van der Waals surface area (Å²) in [6.07, 6.45) is 0. The number of hydrogen-bond donors (Lipinski definition) is 1. The summed E-state index contributed by atoms with van der Waals surface area (Å²) in [7, 11) is 0. The van der Waals surface area contributed by atoms with Crippen LogP contribution in [0.4, 0.5) is 20.2 Å². The van der Waals surface area contributed by atoms with Crippen molar-refractivity contribution in [1.82, 2.24) is 0 Å². The minimum absolute atomic E-state index is 0.0122. The van der Waals surface area contributed by atoms with Crippen molar-refractivity contribution in [2.45, 2.75) is 20.4 Å². The number of nitrogen functional groups attached to an aromatic ring is 1. The predicted octanol–water partition coefficient (Wildman–Crippen LogP) is 3.88. The van der Waals surface area contributed by atoms with Gasteiger partial charge in [-0.2, -0.15) is 0 Å². The highest BCUT2D eigenvalue weighted by Gasteiger charge is 2.14. The van der Waals surface area contributed by atoms with Crippen molar-refractivity contribution in [3.8, 4) is 0 Å². The highest BCUT2D eigenvalue weighted by Crippen LogP contribution is 2.28. The summed E-state index contributed by atoms with van der Waals surface area (Å²) in [6.45, 7) is 5.12. The Morgan fingerprint density at radius 3 is 2.50 bits per heavy atom. The van der Waals surface area contributed by atoms with Crippen LogP contribution in [-0.2, 0) is 6.54 Å². The van der Waals surface area contributed by atoms with E-state index in [0.29, 0.717) is 18.8 Å². The van der Waals surface area contributed by atoms with Crippen molar-refractivity contribution in [3.63, 3.8) is 0 Å². The Hall–Kier alpha value is -2.10. The molecule has 0 saturated heterocycles. The van der Waals surface area contributed by atoms with Gasteiger partial charge in [0.15, 0.2) is 5.82 Å². The maximum absolute atomic E-state index is 13.6. The molecule has 0 radical (unpaired) electrons. The third kappa shape index (κ3) is 2.90. The lowest BCUT2D eigenvalue weighted by atomic mass is 10.1. The standard InChI is InChI=1S/C16H18F2N2/c1-3-20(10-12-7-5-4-6-11(12)2)15-9-13(17)8-14(18)16(15)19/h4-9H,3,10,19H2,1-2H3. The number of hydrogen-bond acceptors (Lipinski definition) is 2. The van der Waals surface area contributed by atoms with E-state index in [2.05, 4.69) is 0 Å². The fourth-order valence-electron chi connectivity index (χ4n) is 2.19. The molecule has 0 aromatic heterocycles. The quantitative estimate of drug-likeness (QED) is 0.859. The maximum atomic E-state index is 13.6. The molecule has 106 valence electrons. The summed E-state index contributed by atoms with van der Waals surface area (Å²) in [4.78, 5) is 1.86. The molecule has 2 aromatic rings. The average Bonchev–Trinajstić information content (AvgIpc) is 2.42. The minimum Gasteiger partial charge on any atom is -0.395 e. The number of halogens is 2. The SMILES string of the molecule is CCN(Cc1ccccc1C)c1cc(F)cc(F)c1N. The van der Waals surface area contributed by atoms with E-state index in [9.17, 15) is 8.78 Å². The first-order chi connectivity index (χ1) is 9.52. The minimum atomic E-state index is -0.719. The number of anilines is 2. The largest absolute Gasteiger partial charge is 0.395 e. The van der Waals surface area contributed by atoms with Gasteiger partial charge >= 0.3 is 0 Å². The molecule has 2 N–H and O–H groups in total. The van der Waals surface area contributed by atoms with Crippen LogP contribution in [0.25, 0.3) is 0 Å². The first-order valence-electron chi connectivity index (χ1n) is 6.57. The molecule has 2 rings (SSSR count). The van der Waals surface area contributed by atoms with Crippen LogP contribution >= 0.6 is 0 Å². The fraction of sp³-hybridized carbons (Fsp3) is 0.250. The molecule has 0 fully saturated rings. The molecule has 0 saturated carbocycles. The molecular weight excluding hydrogens is 258 g/mol. The average molecular weight is 276 g/mol. The third-order valence-electron chi connectivity index (χ3n) is 3.42. The van der Waals surface area contributed by atoms with Gasteiger partial charge in [-0.3, -0.25) is 0 Å². The molecule has 0 unspecified atom stereocenters. The second-order valence-electron chi connectivity index (χ2n) is 4.76. The Labute approximate surface area is 117 Å². The Balaban J connectivity index is 2.36. The smallest absolute Gasteiger partial charge is 0.151 e. The summed E-state index contributed by atoms with van der Waals surface area (Å²) in [6, 6.07) is 10.0. The molecule has 4 heteroatoms. The lowest BCUT2D eigenvalue weighted by Gasteiger charge is -2.25. The zero-order valence-corrected chi connectivity index (χ0v) is 11.7. The Bertz CT molecular complexity index is 611. The van der Waals surface area contributed by atoms with E-state index in [0.717, 1.165) is 17.2 Å². The third-order valence-corrected chi connectivity index (χ3v) is 3.42. The summed E-state index contributed by atoms with van der Waals surface area (Å²) in [5, 5.41) is 0. The second-order valence-corrected chi connectivity index (χ2v) is 4.76. The van der Waals surface area contributed by atoms with Crippen molar-refractivity contribution in [1.29, 1.82) is 0 Å². The number of nitrogens with two attached hydrogens (primary N) is 1. The first-order valence-corrected chi connectivity index (χ1v) is 6.57. The van der Waals surface area contributed by atoms with Gasteiger partial charge in [0.2, 0.25) is 0 Å². The zero-order chi connectivity index (χ0) is 14.7. The van der Waals surface area contributed by atoms with Gasteiger partial charge in [-0.15, -0.1) is 0 Å². The molecule has 0 aliphatic carbocycles. The van der Waals surface area contributed by atoms with Crippen LogP contribution in [-0.4, -0.2) is 6.54 Å². The second kappa shape index (κ2) is 5.90. The number of aryl methyl sites for hydroxylation is 1. The molecule has 20 heavy (non-hydrogen) atoms. The van der Waals surface area contributed by atoms with Crippen LogP contribution in [0.15, 0.2) is 36.4 Å². The number of nitrogens with zero attached hydrogens (tertiary/aromatic N) is 1. The van der Waals surface area contributed by atoms with Crippen LogP contribution in [0, 0.1) is 18.6 Å². The molecule has 0 atom stereocenters. The zero-order valence-electron chi connectivity index (χ0n) is 11.7. The van der Waals surface area contributed by atoms with E-state index in [1.807, 2.05) is 43.0 Å². The van der Waals surface area contributed by atoms with Crippen LogP contribution in [0.5, 0.6) is 0 Å². The topological polar surface area (TPSA) is 29.3 Å². The fourth-order valence-corrected chi connectivity index (χ4v) is 2.19. The van der Waals surface area contributed by atoms with Gasteiger partial charge in [0.1, 0.15) is 5.82 Å². The van der Waals surface area contributed by atoms with E-state index in [4.69, 9.17) is 5.73 Å². The number of rotatable bonds is 4. The molecule has 0 bridgehead atoms. The highest BCUT2D eigenvalue weighted by molar-refractivity contribution is 5.68. The van der Waals surface area contributed by atoms with Gasteiger partial charge in [-0.1, -0.05) is 24.3 Å². The van der Waals surface area contributed by atoms with Crippen molar-refractivity contribution >= 4 is 11.4 Å². The van der Waals surface area contributed by atoms with Gasteiger partial charge < -0.3 is 10.6 Å². The summed E-state index contributed by atoms with van der Waals surface area (Å²) >= 11 is 0. The highest BCUT2D eigenvalue weighted by atomic mass is 19.1. The van der Waals surface area contributed by atoms with Gasteiger partial charge in [-0.25, -0.2) is 8.78 Å². The van der Waals surface area contributed by atoms with Crippen molar-refractivity contribution in [3.05, 3.63) is 59.2 Å². The molecule has 0 aliphatic rings. The van der Waals surface area contributed by atoms with Gasteiger partial charge in [0.05, 0.1) is 11.4 Å². The van der Waals surface area contributed by atoms with Crippen LogP contribution in [0.2, 0.25) is 0 Å². The molecule has 0 heterocycles. The molecule has 2 nitrogen and oxygen atoms in total. The summed E-state index contributed by atoms with van der Waals surface area (Å²) in [5.41, 5.74) is 8.37. The van der Waals surface area contributed by atoms with E-state index in [1.165, 1.54) is 6.07 Å². The van der Waals surface area contributed by atoms with E-state index >= 15 is 0 Å². The van der Waals surface area contributed by atoms with Gasteiger partial charge in [0, 0.05) is 19.2 Å². The van der Waals surface area contributed by atoms with Crippen LogP contribution in [0.3, 0.4) is 0 Å². The lowest BCUT2D eigenvalue weighted by molar-refractivity contribution is 0.585. The van der Waals surface area contributed by atoms with Crippen LogP contribution < -0.4 is 10.6 Å². The first kappa shape index (κ1) is 14.3. The Morgan fingerprint density at radius 1 is 1.15 bits per heavy atom. The van der Waals surface area contributed by atoms with Crippen molar-refractivity contribution in [2.24, 2.45) is 0 Å². The van der Waals surface area contributed by atoms with Crippen LogP contribution in [0.1, 0.15) is 18.1 Å². The molecule has 2 aromatic carbocycles. The number of benzene rings is 2. The predicted molar refractivity (Wildman–Crippen MR) is 78.7 cm³/mol. The lowest BCUT2D eigenvalue weighted by Crippen LogP contribution is -2.24.